The second-order valence-corrected chi connectivity index (χ2v) is 4.23. The molecule has 0 radical (unpaired) electrons. The highest BCUT2D eigenvalue weighted by molar-refractivity contribution is 6.00. The predicted molar refractivity (Wildman–Crippen MR) is 60.3 cm³/mol. The Morgan fingerprint density at radius 3 is 2.69 bits per heavy atom. The number of hydrogen-bond donors (Lipinski definition) is 0. The standard InChI is InChI=1S/C12H14N2O2/c1-13(2)11(15)8-4-5-10-9(6-8)7-14(3)12(10)16/h4-6H,7H2,1-3H3. The maximum Gasteiger partial charge on any atom is 0.254 e. The summed E-state index contributed by atoms with van der Waals surface area (Å²) in [5, 5.41) is 0. The van der Waals surface area contributed by atoms with Crippen molar-refractivity contribution in [3.63, 3.8) is 0 Å². The van der Waals surface area contributed by atoms with Crippen LogP contribution in [-0.4, -0.2) is 42.8 Å². The first-order chi connectivity index (χ1) is 7.50. The maximum absolute atomic E-state index is 11.7. The Balaban J connectivity index is 2.39. The fraction of sp³-hybridized carbons (Fsp3) is 0.333. The number of amides is 2. The highest BCUT2D eigenvalue weighted by Gasteiger charge is 2.25. The lowest BCUT2D eigenvalue weighted by Gasteiger charge is -2.10. The van der Waals surface area contributed by atoms with Gasteiger partial charge < -0.3 is 9.80 Å². The van der Waals surface area contributed by atoms with Crippen LogP contribution in [0.25, 0.3) is 0 Å². The van der Waals surface area contributed by atoms with Crippen molar-refractivity contribution in [2.75, 3.05) is 21.1 Å². The maximum atomic E-state index is 11.7. The molecular formula is C12H14N2O2. The number of nitrogens with zero attached hydrogens (tertiary/aromatic N) is 2. The third-order valence-corrected chi connectivity index (χ3v) is 2.74. The molecule has 0 fully saturated rings. The molecule has 1 aliphatic rings. The van der Waals surface area contributed by atoms with Gasteiger partial charge in [0.15, 0.2) is 0 Å². The molecule has 0 saturated heterocycles. The molecule has 0 N–H and O–H groups in total. The van der Waals surface area contributed by atoms with Crippen LogP contribution in [-0.2, 0) is 6.54 Å². The van der Waals surface area contributed by atoms with Crippen molar-refractivity contribution in [1.82, 2.24) is 9.80 Å². The summed E-state index contributed by atoms with van der Waals surface area (Å²) in [5.41, 5.74) is 2.27. The van der Waals surface area contributed by atoms with E-state index in [1.807, 2.05) is 0 Å². The topological polar surface area (TPSA) is 40.6 Å². The zero-order chi connectivity index (χ0) is 11.9. The van der Waals surface area contributed by atoms with Gasteiger partial charge in [0.25, 0.3) is 11.8 Å². The molecule has 2 rings (SSSR count). The SMILES string of the molecule is CN(C)C(=O)c1ccc2c(c1)CN(C)C2=O. The highest BCUT2D eigenvalue weighted by Crippen LogP contribution is 2.22. The van der Waals surface area contributed by atoms with Gasteiger partial charge in [-0.05, 0) is 23.8 Å². The number of benzene rings is 1. The van der Waals surface area contributed by atoms with Crippen LogP contribution in [0.5, 0.6) is 0 Å². The molecule has 2 amide bonds. The van der Waals surface area contributed by atoms with E-state index in [0.29, 0.717) is 17.7 Å². The molecule has 0 aromatic heterocycles. The molecule has 1 aliphatic heterocycles. The van der Waals surface area contributed by atoms with Gasteiger partial charge in [0, 0.05) is 38.8 Å². The Kier molecular flexibility index (Phi) is 2.42. The van der Waals surface area contributed by atoms with E-state index in [4.69, 9.17) is 0 Å². The molecule has 1 heterocycles. The van der Waals surface area contributed by atoms with Gasteiger partial charge in [-0.3, -0.25) is 9.59 Å². The molecule has 0 aliphatic carbocycles. The van der Waals surface area contributed by atoms with Crippen LogP contribution in [0, 0.1) is 0 Å². The summed E-state index contributed by atoms with van der Waals surface area (Å²) >= 11 is 0. The summed E-state index contributed by atoms with van der Waals surface area (Å²) in [7, 11) is 5.19. The van der Waals surface area contributed by atoms with E-state index < -0.39 is 0 Å². The van der Waals surface area contributed by atoms with Crippen molar-refractivity contribution in [1.29, 1.82) is 0 Å². The molecular weight excluding hydrogens is 204 g/mol. The van der Waals surface area contributed by atoms with E-state index in [9.17, 15) is 9.59 Å². The van der Waals surface area contributed by atoms with Crippen LogP contribution in [0.3, 0.4) is 0 Å². The summed E-state index contributed by atoms with van der Waals surface area (Å²) in [4.78, 5) is 26.6. The van der Waals surface area contributed by atoms with Gasteiger partial charge in [-0.1, -0.05) is 0 Å². The Morgan fingerprint density at radius 1 is 1.38 bits per heavy atom. The molecule has 0 spiro atoms. The van der Waals surface area contributed by atoms with Crippen LogP contribution in [0.15, 0.2) is 18.2 Å². The Morgan fingerprint density at radius 2 is 2.06 bits per heavy atom. The molecule has 1 aromatic rings. The van der Waals surface area contributed by atoms with Crippen LogP contribution < -0.4 is 0 Å². The van der Waals surface area contributed by atoms with Crippen LogP contribution >= 0.6 is 0 Å². The van der Waals surface area contributed by atoms with Crippen LogP contribution in [0.4, 0.5) is 0 Å². The van der Waals surface area contributed by atoms with Gasteiger partial charge in [0.2, 0.25) is 0 Å². The third kappa shape index (κ3) is 1.56. The third-order valence-electron chi connectivity index (χ3n) is 2.74. The normalized spacial score (nSPS) is 13.9. The van der Waals surface area contributed by atoms with Crippen molar-refractivity contribution < 1.29 is 9.59 Å². The zero-order valence-electron chi connectivity index (χ0n) is 9.65. The minimum absolute atomic E-state index is 0.0267. The Bertz CT molecular complexity index is 466. The smallest absolute Gasteiger partial charge is 0.254 e. The number of fused-ring (bicyclic) bond motifs is 1. The molecule has 1 aromatic carbocycles. The monoisotopic (exact) mass is 218 g/mol. The fourth-order valence-corrected chi connectivity index (χ4v) is 1.86. The first kappa shape index (κ1) is 10.7. The van der Waals surface area contributed by atoms with Gasteiger partial charge in [-0.2, -0.15) is 0 Å². The lowest BCUT2D eigenvalue weighted by Crippen LogP contribution is -2.21. The minimum atomic E-state index is -0.0372. The van der Waals surface area contributed by atoms with Crippen molar-refractivity contribution in [3.8, 4) is 0 Å². The van der Waals surface area contributed by atoms with Crippen molar-refractivity contribution in [2.24, 2.45) is 0 Å². The van der Waals surface area contributed by atoms with E-state index in [2.05, 4.69) is 0 Å². The summed E-state index contributed by atoms with van der Waals surface area (Å²) in [6.45, 7) is 0.586. The summed E-state index contributed by atoms with van der Waals surface area (Å²) in [5.74, 6) is -0.0105. The first-order valence-corrected chi connectivity index (χ1v) is 5.10. The van der Waals surface area contributed by atoms with Gasteiger partial charge in [-0.15, -0.1) is 0 Å². The lowest BCUT2D eigenvalue weighted by atomic mass is 10.1. The van der Waals surface area contributed by atoms with E-state index in [0.717, 1.165) is 5.56 Å². The number of carbonyl (C=O) groups excluding carboxylic acids is 2. The second kappa shape index (κ2) is 3.63. The highest BCUT2D eigenvalue weighted by atomic mass is 16.2. The first-order valence-electron chi connectivity index (χ1n) is 5.10. The van der Waals surface area contributed by atoms with E-state index in [1.54, 1.807) is 44.2 Å². The van der Waals surface area contributed by atoms with E-state index >= 15 is 0 Å². The number of rotatable bonds is 1. The molecule has 84 valence electrons. The van der Waals surface area contributed by atoms with Gasteiger partial charge in [0.1, 0.15) is 0 Å². The molecule has 0 unspecified atom stereocenters. The van der Waals surface area contributed by atoms with Gasteiger partial charge in [-0.25, -0.2) is 0 Å². The van der Waals surface area contributed by atoms with Crippen molar-refractivity contribution in [3.05, 3.63) is 34.9 Å². The van der Waals surface area contributed by atoms with Crippen molar-refractivity contribution >= 4 is 11.8 Å². The molecule has 4 heteroatoms. The number of carbonyl (C=O) groups is 2. The average molecular weight is 218 g/mol. The minimum Gasteiger partial charge on any atom is -0.345 e. The molecule has 0 saturated carbocycles. The van der Waals surface area contributed by atoms with Crippen LogP contribution in [0.2, 0.25) is 0 Å². The van der Waals surface area contributed by atoms with E-state index in [1.165, 1.54) is 4.90 Å². The fourth-order valence-electron chi connectivity index (χ4n) is 1.86. The molecule has 0 atom stereocenters. The Hall–Kier alpha value is -1.84. The lowest BCUT2D eigenvalue weighted by molar-refractivity contribution is 0.0813. The zero-order valence-corrected chi connectivity index (χ0v) is 9.65. The van der Waals surface area contributed by atoms with Crippen LogP contribution in [0.1, 0.15) is 26.3 Å². The van der Waals surface area contributed by atoms with Gasteiger partial charge in [0.05, 0.1) is 0 Å². The van der Waals surface area contributed by atoms with Crippen molar-refractivity contribution in [2.45, 2.75) is 6.54 Å². The van der Waals surface area contributed by atoms with Gasteiger partial charge >= 0.3 is 0 Å². The molecule has 16 heavy (non-hydrogen) atoms. The summed E-state index contributed by atoms with van der Waals surface area (Å²) in [6, 6.07) is 5.25. The number of hydrogen-bond acceptors (Lipinski definition) is 2. The summed E-state index contributed by atoms with van der Waals surface area (Å²) in [6.07, 6.45) is 0. The Labute approximate surface area is 94.5 Å². The molecule has 0 bridgehead atoms. The predicted octanol–water partition coefficient (Wildman–Crippen LogP) is 0.974. The second-order valence-electron chi connectivity index (χ2n) is 4.23. The summed E-state index contributed by atoms with van der Waals surface area (Å²) < 4.78 is 0. The average Bonchev–Trinajstić information content (AvgIpc) is 2.53. The van der Waals surface area contributed by atoms with E-state index in [-0.39, 0.29) is 11.8 Å². The quantitative estimate of drug-likeness (QED) is 0.704. The largest absolute Gasteiger partial charge is 0.345 e. The molecule has 4 nitrogen and oxygen atoms in total.